The largest absolute Gasteiger partial charge is 0.411 e. The number of aromatic nitrogens is 1. The smallest absolute Gasteiger partial charge is 0.356 e. The summed E-state index contributed by atoms with van der Waals surface area (Å²) in [5.41, 5.74) is -1.02. The number of rotatable bonds is 2. The minimum absolute atomic E-state index is 0.131. The van der Waals surface area contributed by atoms with Crippen LogP contribution in [0.4, 0.5) is 19.0 Å². The monoisotopic (exact) mass is 216 g/mol. The molecular weight excluding hydrogens is 205 g/mol. The van der Waals surface area contributed by atoms with E-state index >= 15 is 0 Å². The predicted octanol–water partition coefficient (Wildman–Crippen LogP) is 2.90. The Balaban J connectivity index is 2.16. The minimum atomic E-state index is -4.20. The summed E-state index contributed by atoms with van der Waals surface area (Å²) in [4.78, 5) is 4.00. The van der Waals surface area contributed by atoms with E-state index in [0.717, 1.165) is 0 Å². The van der Waals surface area contributed by atoms with Crippen molar-refractivity contribution in [1.29, 1.82) is 0 Å². The van der Waals surface area contributed by atoms with Gasteiger partial charge in [-0.25, -0.2) is 4.98 Å². The van der Waals surface area contributed by atoms with Gasteiger partial charge in [-0.2, -0.15) is 13.2 Å². The molecule has 1 aromatic rings. The average Bonchev–Trinajstić information content (AvgIpc) is 2.84. The van der Waals surface area contributed by atoms with E-state index in [2.05, 4.69) is 10.3 Å². The molecule has 0 atom stereocenters. The van der Waals surface area contributed by atoms with E-state index < -0.39 is 11.7 Å². The van der Waals surface area contributed by atoms with Crippen LogP contribution in [0.1, 0.15) is 18.5 Å². The van der Waals surface area contributed by atoms with Gasteiger partial charge in [0.05, 0.1) is 0 Å². The number of aryl methyl sites for hydroxylation is 1. The van der Waals surface area contributed by atoms with Crippen molar-refractivity contribution in [3.05, 3.63) is 23.9 Å². The maximum Gasteiger partial charge on any atom is 0.411 e. The quantitative estimate of drug-likeness (QED) is 0.822. The van der Waals surface area contributed by atoms with Crippen LogP contribution >= 0.6 is 0 Å². The van der Waals surface area contributed by atoms with Gasteiger partial charge in [0.25, 0.3) is 0 Å². The lowest BCUT2D eigenvalue weighted by molar-refractivity contribution is -0.151. The third-order valence-corrected chi connectivity index (χ3v) is 2.55. The molecule has 0 aliphatic heterocycles. The molecule has 0 bridgehead atoms. The topological polar surface area (TPSA) is 24.9 Å². The van der Waals surface area contributed by atoms with Crippen molar-refractivity contribution in [2.45, 2.75) is 31.5 Å². The van der Waals surface area contributed by atoms with Gasteiger partial charge in [-0.05, 0) is 31.9 Å². The van der Waals surface area contributed by atoms with Gasteiger partial charge < -0.3 is 5.32 Å². The molecule has 1 N–H and O–H groups in total. The first kappa shape index (κ1) is 10.3. The first-order valence-electron chi connectivity index (χ1n) is 4.72. The predicted molar refractivity (Wildman–Crippen MR) is 50.6 cm³/mol. The standard InChI is InChI=1S/C10H11F3N2/c1-7-3-2-4-8(14-7)15-9(5-6-9)10(11,12)13/h2-4H,5-6H2,1H3,(H,14,15). The Morgan fingerprint density at radius 3 is 2.47 bits per heavy atom. The Kier molecular flexibility index (Phi) is 2.13. The molecule has 2 rings (SSSR count). The second-order valence-electron chi connectivity index (χ2n) is 3.87. The molecule has 15 heavy (non-hydrogen) atoms. The van der Waals surface area contributed by atoms with Gasteiger partial charge in [0, 0.05) is 5.69 Å². The molecule has 0 saturated heterocycles. The zero-order valence-corrected chi connectivity index (χ0v) is 8.23. The van der Waals surface area contributed by atoms with Crippen LogP contribution in [-0.2, 0) is 0 Å². The van der Waals surface area contributed by atoms with Gasteiger partial charge in [0.15, 0.2) is 0 Å². The second kappa shape index (κ2) is 3.12. The molecule has 0 radical (unpaired) electrons. The van der Waals surface area contributed by atoms with E-state index in [1.807, 2.05) is 0 Å². The van der Waals surface area contributed by atoms with E-state index in [0.29, 0.717) is 11.5 Å². The maximum atomic E-state index is 12.6. The fourth-order valence-corrected chi connectivity index (χ4v) is 1.46. The zero-order valence-electron chi connectivity index (χ0n) is 8.23. The van der Waals surface area contributed by atoms with Crippen LogP contribution in [0.15, 0.2) is 18.2 Å². The van der Waals surface area contributed by atoms with Crippen LogP contribution in [0.3, 0.4) is 0 Å². The van der Waals surface area contributed by atoms with E-state index in [-0.39, 0.29) is 12.8 Å². The summed E-state index contributed by atoms with van der Waals surface area (Å²) in [7, 11) is 0. The van der Waals surface area contributed by atoms with Crippen molar-refractivity contribution < 1.29 is 13.2 Å². The number of hydrogen-bond acceptors (Lipinski definition) is 2. The summed E-state index contributed by atoms with van der Waals surface area (Å²) in [5.74, 6) is 0.296. The van der Waals surface area contributed by atoms with E-state index in [1.54, 1.807) is 25.1 Å². The maximum absolute atomic E-state index is 12.6. The third-order valence-electron chi connectivity index (χ3n) is 2.55. The Hall–Kier alpha value is -1.26. The van der Waals surface area contributed by atoms with Crippen LogP contribution in [0.2, 0.25) is 0 Å². The summed E-state index contributed by atoms with van der Waals surface area (Å²) in [6.45, 7) is 1.75. The van der Waals surface area contributed by atoms with Gasteiger partial charge in [0.2, 0.25) is 0 Å². The van der Waals surface area contributed by atoms with Crippen LogP contribution in [0.25, 0.3) is 0 Å². The summed E-state index contributed by atoms with van der Waals surface area (Å²) < 4.78 is 37.8. The molecule has 1 aliphatic carbocycles. The van der Waals surface area contributed by atoms with Crippen molar-refractivity contribution in [2.24, 2.45) is 0 Å². The summed E-state index contributed by atoms with van der Waals surface area (Å²) in [6, 6.07) is 4.99. The zero-order chi connectivity index (χ0) is 11.1. The van der Waals surface area contributed by atoms with Crippen molar-refractivity contribution >= 4 is 5.82 Å². The Labute approximate surface area is 85.5 Å². The molecule has 0 spiro atoms. The van der Waals surface area contributed by atoms with Gasteiger partial charge in [0.1, 0.15) is 11.4 Å². The molecule has 0 amide bonds. The molecule has 1 aromatic heterocycles. The highest BCUT2D eigenvalue weighted by Crippen LogP contribution is 2.50. The summed E-state index contributed by atoms with van der Waals surface area (Å²) in [6.07, 6.45) is -3.93. The summed E-state index contributed by atoms with van der Waals surface area (Å²) >= 11 is 0. The van der Waals surface area contributed by atoms with E-state index in [1.165, 1.54) is 0 Å². The van der Waals surface area contributed by atoms with Crippen molar-refractivity contribution in [3.63, 3.8) is 0 Å². The molecule has 1 aliphatic rings. The molecule has 1 saturated carbocycles. The van der Waals surface area contributed by atoms with Crippen molar-refractivity contribution in [3.8, 4) is 0 Å². The molecular formula is C10H11F3N2. The normalized spacial score (nSPS) is 18.7. The number of anilines is 1. The van der Waals surface area contributed by atoms with Gasteiger partial charge in [-0.15, -0.1) is 0 Å². The number of halogens is 3. The highest BCUT2D eigenvalue weighted by atomic mass is 19.4. The number of nitrogens with one attached hydrogen (secondary N) is 1. The van der Waals surface area contributed by atoms with E-state index in [4.69, 9.17) is 0 Å². The van der Waals surface area contributed by atoms with Gasteiger partial charge in [-0.1, -0.05) is 6.07 Å². The second-order valence-corrected chi connectivity index (χ2v) is 3.87. The molecule has 82 valence electrons. The van der Waals surface area contributed by atoms with Crippen LogP contribution in [-0.4, -0.2) is 16.7 Å². The van der Waals surface area contributed by atoms with Gasteiger partial charge in [-0.3, -0.25) is 0 Å². The SMILES string of the molecule is Cc1cccc(NC2(C(F)(F)F)CC2)n1. The lowest BCUT2D eigenvalue weighted by atomic mass is 10.2. The fourth-order valence-electron chi connectivity index (χ4n) is 1.46. The summed E-state index contributed by atoms with van der Waals surface area (Å²) in [5, 5.41) is 2.47. The highest BCUT2D eigenvalue weighted by molar-refractivity contribution is 5.42. The number of alkyl halides is 3. The number of hydrogen-bond donors (Lipinski definition) is 1. The Morgan fingerprint density at radius 1 is 1.33 bits per heavy atom. The van der Waals surface area contributed by atoms with Crippen LogP contribution in [0, 0.1) is 6.92 Å². The van der Waals surface area contributed by atoms with Gasteiger partial charge >= 0.3 is 6.18 Å². The molecule has 2 nitrogen and oxygen atoms in total. The van der Waals surface area contributed by atoms with Crippen LogP contribution < -0.4 is 5.32 Å². The molecule has 5 heteroatoms. The highest BCUT2D eigenvalue weighted by Gasteiger charge is 2.63. The third kappa shape index (κ3) is 1.91. The fraction of sp³-hybridized carbons (Fsp3) is 0.500. The van der Waals surface area contributed by atoms with E-state index in [9.17, 15) is 13.2 Å². The lowest BCUT2D eigenvalue weighted by Crippen LogP contribution is -2.38. The first-order valence-corrected chi connectivity index (χ1v) is 4.72. The lowest BCUT2D eigenvalue weighted by Gasteiger charge is -2.21. The minimum Gasteiger partial charge on any atom is -0.356 e. The molecule has 0 unspecified atom stereocenters. The molecule has 1 heterocycles. The van der Waals surface area contributed by atoms with Crippen LogP contribution in [0.5, 0.6) is 0 Å². The number of nitrogens with zero attached hydrogens (tertiary/aromatic N) is 1. The average molecular weight is 216 g/mol. The first-order chi connectivity index (χ1) is 6.93. The Bertz CT molecular complexity index is 369. The number of pyridine rings is 1. The van der Waals surface area contributed by atoms with Crippen molar-refractivity contribution in [2.75, 3.05) is 5.32 Å². The van der Waals surface area contributed by atoms with Crippen molar-refractivity contribution in [1.82, 2.24) is 4.98 Å². The molecule has 1 fully saturated rings. The molecule has 0 aromatic carbocycles. The Morgan fingerprint density at radius 2 is 2.00 bits per heavy atom.